The van der Waals surface area contributed by atoms with Gasteiger partial charge in [0.1, 0.15) is 11.9 Å². The summed E-state index contributed by atoms with van der Waals surface area (Å²) in [4.78, 5) is 5.77. The number of hydrogen-bond acceptors (Lipinski definition) is 4. The Balaban J connectivity index is 2.12. The van der Waals surface area contributed by atoms with Crippen LogP contribution >= 0.6 is 0 Å². The molecule has 2 heterocycles. The average Bonchev–Trinajstić information content (AvgIpc) is 2.37. The van der Waals surface area contributed by atoms with E-state index in [1.54, 1.807) is 4.90 Å². The van der Waals surface area contributed by atoms with E-state index in [9.17, 15) is 13.2 Å². The number of rotatable bonds is 1. The van der Waals surface area contributed by atoms with Crippen LogP contribution in [0.4, 0.5) is 24.7 Å². The largest absolute Gasteiger partial charge is 0.397 e. The quantitative estimate of drug-likeness (QED) is 0.850. The molecule has 1 saturated heterocycles. The molecule has 0 bridgehead atoms. The molecule has 0 amide bonds. The molecule has 2 rings (SSSR count). The van der Waals surface area contributed by atoms with Crippen LogP contribution in [0.3, 0.4) is 0 Å². The van der Waals surface area contributed by atoms with Gasteiger partial charge in [-0.2, -0.15) is 18.4 Å². The molecule has 102 valence electrons. The summed E-state index contributed by atoms with van der Waals surface area (Å²) >= 11 is 0. The van der Waals surface area contributed by atoms with Gasteiger partial charge in [-0.3, -0.25) is 0 Å². The Hall–Kier alpha value is -1.97. The maximum absolute atomic E-state index is 12.6. The smallest absolute Gasteiger partial charge is 0.391 e. The third kappa shape index (κ3) is 2.89. The molecule has 1 aliphatic rings. The lowest BCUT2D eigenvalue weighted by atomic mass is 9.96. The zero-order valence-corrected chi connectivity index (χ0v) is 10.1. The van der Waals surface area contributed by atoms with Crippen LogP contribution in [0.25, 0.3) is 0 Å². The van der Waals surface area contributed by atoms with Crippen LogP contribution in [0.5, 0.6) is 0 Å². The van der Waals surface area contributed by atoms with Crippen molar-refractivity contribution in [1.82, 2.24) is 4.98 Å². The van der Waals surface area contributed by atoms with Crippen molar-refractivity contribution in [2.24, 2.45) is 5.92 Å². The van der Waals surface area contributed by atoms with E-state index < -0.39 is 12.1 Å². The van der Waals surface area contributed by atoms with E-state index in [0.29, 0.717) is 17.1 Å². The number of aromatic nitrogens is 1. The minimum atomic E-state index is -4.14. The third-order valence-corrected chi connectivity index (χ3v) is 3.27. The van der Waals surface area contributed by atoms with Crippen molar-refractivity contribution in [2.75, 3.05) is 23.7 Å². The van der Waals surface area contributed by atoms with Crippen molar-refractivity contribution in [1.29, 1.82) is 5.26 Å². The lowest BCUT2D eigenvalue weighted by Gasteiger charge is -2.34. The average molecular weight is 270 g/mol. The first-order valence-corrected chi connectivity index (χ1v) is 5.89. The van der Waals surface area contributed by atoms with Gasteiger partial charge >= 0.3 is 6.18 Å². The molecule has 0 radical (unpaired) electrons. The normalized spacial score (nSPS) is 17.3. The summed E-state index contributed by atoms with van der Waals surface area (Å²) in [6.45, 7) is 0.492. The van der Waals surface area contributed by atoms with Crippen molar-refractivity contribution >= 4 is 11.5 Å². The van der Waals surface area contributed by atoms with Crippen LogP contribution in [0.2, 0.25) is 0 Å². The summed E-state index contributed by atoms with van der Waals surface area (Å²) in [5.41, 5.74) is 6.19. The van der Waals surface area contributed by atoms with Crippen molar-refractivity contribution in [3.63, 3.8) is 0 Å². The van der Waals surface area contributed by atoms with Gasteiger partial charge in [0.2, 0.25) is 0 Å². The second kappa shape index (κ2) is 4.96. The Kier molecular flexibility index (Phi) is 3.51. The van der Waals surface area contributed by atoms with Crippen LogP contribution in [-0.2, 0) is 0 Å². The van der Waals surface area contributed by atoms with E-state index in [1.165, 1.54) is 12.3 Å². The summed E-state index contributed by atoms with van der Waals surface area (Å²) in [6.07, 6.45) is -2.68. The molecule has 0 aliphatic carbocycles. The molecule has 4 nitrogen and oxygen atoms in total. The Labute approximate surface area is 108 Å². The number of anilines is 2. The van der Waals surface area contributed by atoms with Crippen molar-refractivity contribution < 1.29 is 13.2 Å². The van der Waals surface area contributed by atoms with E-state index >= 15 is 0 Å². The molecule has 0 unspecified atom stereocenters. The molecule has 1 aliphatic heterocycles. The molecule has 1 aromatic rings. The molecule has 0 aromatic carbocycles. The van der Waals surface area contributed by atoms with Gasteiger partial charge in [0.15, 0.2) is 0 Å². The Morgan fingerprint density at radius 1 is 1.37 bits per heavy atom. The molecular formula is C12H13F3N4. The van der Waals surface area contributed by atoms with Crippen molar-refractivity contribution in [3.8, 4) is 6.07 Å². The fraction of sp³-hybridized carbons (Fsp3) is 0.500. The fourth-order valence-electron chi connectivity index (χ4n) is 2.23. The Morgan fingerprint density at radius 3 is 2.53 bits per heavy atom. The number of piperidine rings is 1. The van der Waals surface area contributed by atoms with E-state index in [1.807, 2.05) is 6.07 Å². The highest BCUT2D eigenvalue weighted by atomic mass is 19.4. The molecule has 0 spiro atoms. The topological polar surface area (TPSA) is 65.9 Å². The first-order chi connectivity index (χ1) is 8.91. The monoisotopic (exact) mass is 270 g/mol. The molecule has 1 aromatic heterocycles. The summed E-state index contributed by atoms with van der Waals surface area (Å²) in [6, 6.07) is 3.45. The highest BCUT2D eigenvalue weighted by Gasteiger charge is 2.41. The molecular weight excluding hydrogens is 257 g/mol. The zero-order valence-electron chi connectivity index (χ0n) is 10.1. The number of halogens is 3. The summed E-state index contributed by atoms with van der Waals surface area (Å²) in [7, 11) is 0. The first-order valence-electron chi connectivity index (χ1n) is 5.89. The van der Waals surface area contributed by atoms with Crippen molar-refractivity contribution in [2.45, 2.75) is 19.0 Å². The maximum Gasteiger partial charge on any atom is 0.391 e. The molecule has 19 heavy (non-hydrogen) atoms. The first kappa shape index (κ1) is 13.5. The second-order valence-electron chi connectivity index (χ2n) is 4.55. The maximum atomic E-state index is 12.6. The zero-order chi connectivity index (χ0) is 14.0. The van der Waals surface area contributed by atoms with Crippen molar-refractivity contribution in [3.05, 3.63) is 17.8 Å². The van der Waals surface area contributed by atoms with E-state index in [-0.39, 0.29) is 25.9 Å². The third-order valence-electron chi connectivity index (χ3n) is 3.27. The number of nitriles is 1. The van der Waals surface area contributed by atoms with Crippen LogP contribution in [0, 0.1) is 17.2 Å². The van der Waals surface area contributed by atoms with Gasteiger partial charge < -0.3 is 10.6 Å². The number of pyridine rings is 1. The highest BCUT2D eigenvalue weighted by Crippen LogP contribution is 2.35. The number of hydrogen-bond donors (Lipinski definition) is 1. The number of alkyl halides is 3. The minimum absolute atomic E-state index is 0.0282. The van der Waals surface area contributed by atoms with Gasteiger partial charge in [0.25, 0.3) is 0 Å². The lowest BCUT2D eigenvalue weighted by Crippen LogP contribution is -2.39. The lowest BCUT2D eigenvalue weighted by molar-refractivity contribution is -0.179. The summed E-state index contributed by atoms with van der Waals surface area (Å²) in [5.74, 6) is -0.847. The van der Waals surface area contributed by atoms with Gasteiger partial charge in [-0.1, -0.05) is 0 Å². The number of nitrogen functional groups attached to an aromatic ring is 1. The van der Waals surface area contributed by atoms with Crippen LogP contribution in [0.15, 0.2) is 12.3 Å². The van der Waals surface area contributed by atoms with E-state index in [0.717, 1.165) is 0 Å². The van der Waals surface area contributed by atoms with Gasteiger partial charge in [-0.05, 0) is 18.9 Å². The molecule has 0 saturated carbocycles. The van der Waals surface area contributed by atoms with Crippen LogP contribution < -0.4 is 10.6 Å². The molecule has 1 fully saturated rings. The molecule has 0 atom stereocenters. The SMILES string of the molecule is N#Cc1cc(N)cnc1N1CCC(C(F)(F)F)CC1. The Morgan fingerprint density at radius 2 is 2.00 bits per heavy atom. The summed E-state index contributed by atoms with van der Waals surface area (Å²) in [5, 5.41) is 9.00. The van der Waals surface area contributed by atoms with Crippen LogP contribution in [-0.4, -0.2) is 24.2 Å². The van der Waals surface area contributed by atoms with Crippen LogP contribution in [0.1, 0.15) is 18.4 Å². The molecule has 7 heteroatoms. The highest BCUT2D eigenvalue weighted by molar-refractivity contribution is 5.59. The predicted molar refractivity (Wildman–Crippen MR) is 64.4 cm³/mol. The minimum Gasteiger partial charge on any atom is -0.397 e. The summed E-state index contributed by atoms with van der Waals surface area (Å²) < 4.78 is 37.7. The van der Waals surface area contributed by atoms with Gasteiger partial charge in [0, 0.05) is 13.1 Å². The predicted octanol–water partition coefficient (Wildman–Crippen LogP) is 2.31. The fourth-order valence-corrected chi connectivity index (χ4v) is 2.23. The standard InChI is InChI=1S/C12H13F3N4/c13-12(14,15)9-1-3-19(4-2-9)11-8(6-16)5-10(17)7-18-11/h5,7,9H,1-4,17H2. The van der Waals surface area contributed by atoms with E-state index in [4.69, 9.17) is 11.0 Å². The number of nitrogens with zero attached hydrogens (tertiary/aromatic N) is 3. The van der Waals surface area contributed by atoms with Gasteiger partial charge in [-0.15, -0.1) is 0 Å². The molecule has 2 N–H and O–H groups in total. The van der Waals surface area contributed by atoms with Gasteiger partial charge in [0.05, 0.1) is 23.4 Å². The number of nitrogens with two attached hydrogens (primary N) is 1. The van der Waals surface area contributed by atoms with E-state index in [2.05, 4.69) is 4.98 Å². The second-order valence-corrected chi connectivity index (χ2v) is 4.55. The van der Waals surface area contributed by atoms with Gasteiger partial charge in [-0.25, -0.2) is 4.98 Å². The Bertz CT molecular complexity index is 499.